The highest BCUT2D eigenvalue weighted by Crippen LogP contribution is 2.34. The molecular formula is C17H17ClO. The number of benzene rings is 2. The minimum atomic E-state index is -0.692. The summed E-state index contributed by atoms with van der Waals surface area (Å²) in [5.74, 6) is 0. The highest BCUT2D eigenvalue weighted by molar-refractivity contribution is 6.31. The van der Waals surface area contributed by atoms with E-state index in [1.165, 1.54) is 11.1 Å². The van der Waals surface area contributed by atoms with E-state index in [1.807, 2.05) is 37.3 Å². The summed E-state index contributed by atoms with van der Waals surface area (Å²) in [4.78, 5) is 0. The summed E-state index contributed by atoms with van der Waals surface area (Å²) in [7, 11) is 0. The number of hydrogen-bond acceptors (Lipinski definition) is 1. The van der Waals surface area contributed by atoms with Gasteiger partial charge in [0.1, 0.15) is 0 Å². The van der Waals surface area contributed by atoms with Crippen LogP contribution < -0.4 is 0 Å². The fourth-order valence-electron chi connectivity index (χ4n) is 2.95. The summed E-state index contributed by atoms with van der Waals surface area (Å²) in [6.45, 7) is 2.02. The smallest absolute Gasteiger partial charge is 0.0768 e. The Kier molecular flexibility index (Phi) is 3.12. The minimum absolute atomic E-state index is 0.612. The molecule has 0 aliphatic heterocycles. The van der Waals surface area contributed by atoms with Crippen LogP contribution in [0, 0.1) is 6.92 Å². The Bertz CT molecular complexity index is 593. The van der Waals surface area contributed by atoms with E-state index >= 15 is 0 Å². The lowest BCUT2D eigenvalue weighted by Gasteiger charge is -2.23. The van der Waals surface area contributed by atoms with Crippen molar-refractivity contribution in [3.63, 3.8) is 0 Å². The summed E-state index contributed by atoms with van der Waals surface area (Å²) < 4.78 is 0. The van der Waals surface area contributed by atoms with Crippen molar-refractivity contribution in [3.8, 4) is 0 Å². The van der Waals surface area contributed by atoms with Gasteiger partial charge in [0.15, 0.2) is 0 Å². The molecule has 3 rings (SSSR count). The molecule has 0 fully saturated rings. The predicted molar refractivity (Wildman–Crippen MR) is 78.7 cm³/mol. The zero-order chi connectivity index (χ0) is 13.5. The van der Waals surface area contributed by atoms with Crippen LogP contribution in [0.2, 0.25) is 5.02 Å². The number of fused-ring (bicyclic) bond motifs is 1. The maximum Gasteiger partial charge on any atom is 0.0768 e. The van der Waals surface area contributed by atoms with Crippen LogP contribution in [0.5, 0.6) is 0 Å². The van der Waals surface area contributed by atoms with Gasteiger partial charge < -0.3 is 5.11 Å². The third-order valence-corrected chi connectivity index (χ3v) is 4.24. The molecule has 98 valence electrons. The van der Waals surface area contributed by atoms with E-state index in [1.54, 1.807) is 0 Å². The zero-order valence-electron chi connectivity index (χ0n) is 11.0. The molecule has 1 N–H and O–H groups in total. The number of aryl methyl sites for hydroxylation is 1. The lowest BCUT2D eigenvalue weighted by Crippen LogP contribution is -2.32. The van der Waals surface area contributed by atoms with Crippen LogP contribution in [0.1, 0.15) is 22.3 Å². The van der Waals surface area contributed by atoms with Gasteiger partial charge in [0, 0.05) is 24.3 Å². The molecule has 1 nitrogen and oxygen atoms in total. The first kappa shape index (κ1) is 12.7. The van der Waals surface area contributed by atoms with E-state index in [9.17, 15) is 5.11 Å². The molecule has 0 heterocycles. The highest BCUT2D eigenvalue weighted by atomic mass is 35.5. The Balaban J connectivity index is 1.85. The van der Waals surface area contributed by atoms with Crippen molar-refractivity contribution in [2.45, 2.75) is 31.8 Å². The molecule has 0 saturated carbocycles. The molecule has 0 atom stereocenters. The van der Waals surface area contributed by atoms with Crippen LogP contribution in [0.4, 0.5) is 0 Å². The summed E-state index contributed by atoms with van der Waals surface area (Å²) >= 11 is 6.27. The highest BCUT2D eigenvalue weighted by Gasteiger charge is 2.35. The van der Waals surface area contributed by atoms with Crippen molar-refractivity contribution < 1.29 is 5.11 Å². The van der Waals surface area contributed by atoms with E-state index in [4.69, 9.17) is 11.6 Å². The number of halogens is 1. The van der Waals surface area contributed by atoms with Crippen molar-refractivity contribution >= 4 is 11.6 Å². The van der Waals surface area contributed by atoms with Crippen molar-refractivity contribution in [1.29, 1.82) is 0 Å². The molecule has 2 aromatic rings. The SMILES string of the molecule is Cc1ccc(CC2(O)Cc3ccccc3C2)c(Cl)c1. The standard InChI is InChI=1S/C17H17ClO/c1-12-6-7-15(16(18)8-12)11-17(19)9-13-4-2-3-5-14(13)10-17/h2-8,19H,9-11H2,1H3. The lowest BCUT2D eigenvalue weighted by atomic mass is 9.91. The van der Waals surface area contributed by atoms with Gasteiger partial charge in [-0.2, -0.15) is 0 Å². The summed E-state index contributed by atoms with van der Waals surface area (Å²) in [6, 6.07) is 14.3. The molecular weight excluding hydrogens is 256 g/mol. The van der Waals surface area contributed by atoms with Gasteiger partial charge in [-0.3, -0.25) is 0 Å². The molecule has 0 unspecified atom stereocenters. The zero-order valence-corrected chi connectivity index (χ0v) is 11.7. The lowest BCUT2D eigenvalue weighted by molar-refractivity contribution is 0.0518. The van der Waals surface area contributed by atoms with Gasteiger partial charge in [0.2, 0.25) is 0 Å². The largest absolute Gasteiger partial charge is 0.389 e. The number of rotatable bonds is 2. The van der Waals surface area contributed by atoms with E-state index in [0.717, 1.165) is 16.1 Å². The quantitative estimate of drug-likeness (QED) is 0.883. The van der Waals surface area contributed by atoms with Crippen molar-refractivity contribution in [1.82, 2.24) is 0 Å². The van der Waals surface area contributed by atoms with E-state index in [2.05, 4.69) is 12.1 Å². The van der Waals surface area contributed by atoms with Gasteiger partial charge in [-0.25, -0.2) is 0 Å². The Labute approximate surface area is 118 Å². The second kappa shape index (κ2) is 4.66. The monoisotopic (exact) mass is 272 g/mol. The normalized spacial score (nSPS) is 16.4. The third kappa shape index (κ3) is 2.54. The molecule has 0 bridgehead atoms. The van der Waals surface area contributed by atoms with Gasteiger partial charge in [0.05, 0.1) is 5.60 Å². The maximum absolute atomic E-state index is 10.8. The second-order valence-electron chi connectivity index (χ2n) is 5.62. The molecule has 0 amide bonds. The van der Waals surface area contributed by atoms with E-state index < -0.39 is 5.60 Å². The first-order chi connectivity index (χ1) is 9.06. The first-order valence-electron chi connectivity index (χ1n) is 6.60. The molecule has 0 saturated heterocycles. The maximum atomic E-state index is 10.8. The molecule has 2 aromatic carbocycles. The average Bonchev–Trinajstić information content (AvgIpc) is 2.69. The van der Waals surface area contributed by atoms with Gasteiger partial charge in [-0.15, -0.1) is 0 Å². The van der Waals surface area contributed by atoms with E-state index in [0.29, 0.717) is 19.3 Å². The fourth-order valence-corrected chi connectivity index (χ4v) is 3.25. The third-order valence-electron chi connectivity index (χ3n) is 3.89. The van der Waals surface area contributed by atoms with Gasteiger partial charge in [-0.1, -0.05) is 48.0 Å². The Hall–Kier alpha value is -1.31. The molecule has 1 aliphatic carbocycles. The minimum Gasteiger partial charge on any atom is -0.389 e. The van der Waals surface area contributed by atoms with E-state index in [-0.39, 0.29) is 0 Å². The van der Waals surface area contributed by atoms with Crippen molar-refractivity contribution in [2.75, 3.05) is 0 Å². The molecule has 0 aromatic heterocycles. The van der Waals surface area contributed by atoms with Crippen LogP contribution in [0.3, 0.4) is 0 Å². The molecule has 19 heavy (non-hydrogen) atoms. The van der Waals surface area contributed by atoms with Crippen LogP contribution >= 0.6 is 11.6 Å². The Morgan fingerprint density at radius 3 is 2.32 bits per heavy atom. The number of aliphatic hydroxyl groups is 1. The van der Waals surface area contributed by atoms with Crippen molar-refractivity contribution in [2.24, 2.45) is 0 Å². The number of hydrogen-bond donors (Lipinski definition) is 1. The van der Waals surface area contributed by atoms with Crippen LogP contribution in [-0.2, 0) is 19.3 Å². The molecule has 0 radical (unpaired) electrons. The van der Waals surface area contributed by atoms with Gasteiger partial charge >= 0.3 is 0 Å². The molecule has 1 aliphatic rings. The van der Waals surface area contributed by atoms with Gasteiger partial charge in [0.25, 0.3) is 0 Å². The first-order valence-corrected chi connectivity index (χ1v) is 6.98. The Morgan fingerprint density at radius 2 is 1.74 bits per heavy atom. The van der Waals surface area contributed by atoms with Gasteiger partial charge in [-0.05, 0) is 35.2 Å². The summed E-state index contributed by atoms with van der Waals surface area (Å²) in [5, 5.41) is 11.6. The summed E-state index contributed by atoms with van der Waals surface area (Å²) in [5.41, 5.74) is 4.00. The topological polar surface area (TPSA) is 20.2 Å². The summed E-state index contributed by atoms with van der Waals surface area (Å²) in [6.07, 6.45) is 2.04. The van der Waals surface area contributed by atoms with Crippen LogP contribution in [0.25, 0.3) is 0 Å². The van der Waals surface area contributed by atoms with Crippen LogP contribution in [0.15, 0.2) is 42.5 Å². The average molecular weight is 273 g/mol. The Morgan fingerprint density at radius 1 is 1.11 bits per heavy atom. The molecule has 2 heteroatoms. The fraction of sp³-hybridized carbons (Fsp3) is 0.294. The predicted octanol–water partition coefficient (Wildman–Crippen LogP) is 3.72. The molecule has 0 spiro atoms. The van der Waals surface area contributed by atoms with Crippen molar-refractivity contribution in [3.05, 3.63) is 69.7 Å². The van der Waals surface area contributed by atoms with Crippen LogP contribution in [-0.4, -0.2) is 10.7 Å². The second-order valence-corrected chi connectivity index (χ2v) is 6.03.